The number of nitrogen functional groups attached to an aromatic ring is 1. The predicted octanol–water partition coefficient (Wildman–Crippen LogP) is 3.76. The largest absolute Gasteiger partial charge is 0.375 e. The van der Waals surface area contributed by atoms with Crippen LogP contribution in [0.5, 0.6) is 0 Å². The van der Waals surface area contributed by atoms with Crippen molar-refractivity contribution in [3.05, 3.63) is 47.0 Å². The van der Waals surface area contributed by atoms with Gasteiger partial charge in [-0.25, -0.2) is 4.98 Å². The zero-order valence-corrected chi connectivity index (χ0v) is 14.3. The molecule has 3 N–H and O–H groups in total. The number of aromatic nitrogens is 1. The van der Waals surface area contributed by atoms with Crippen LogP contribution in [0, 0.1) is 5.92 Å². The summed E-state index contributed by atoms with van der Waals surface area (Å²) in [4.78, 5) is 3.71. The zero-order valence-electron chi connectivity index (χ0n) is 13.5. The number of hydrogen-bond acceptors (Lipinski definition) is 4. The van der Waals surface area contributed by atoms with E-state index in [2.05, 4.69) is 34.6 Å². The van der Waals surface area contributed by atoms with Gasteiger partial charge in [-0.2, -0.15) is 0 Å². The summed E-state index contributed by atoms with van der Waals surface area (Å²) in [6.45, 7) is 1.23. The van der Waals surface area contributed by atoms with E-state index in [9.17, 15) is 0 Å². The molecule has 2 aromatic rings. The maximum atomic E-state index is 5.19. The highest BCUT2D eigenvalue weighted by Gasteiger charge is 2.51. The zero-order chi connectivity index (χ0) is 15.7. The first kappa shape index (κ1) is 15.2. The fourth-order valence-electron chi connectivity index (χ4n) is 5.12. The van der Waals surface area contributed by atoms with Crippen molar-refractivity contribution in [2.45, 2.75) is 50.0 Å². The molecule has 5 rings (SSSR count). The van der Waals surface area contributed by atoms with E-state index in [1.165, 1.54) is 56.4 Å². The Hall–Kier alpha value is -1.39. The van der Waals surface area contributed by atoms with E-state index in [0.717, 1.165) is 12.0 Å². The van der Waals surface area contributed by atoms with Crippen LogP contribution in [0.4, 0.5) is 5.13 Å². The lowest BCUT2D eigenvalue weighted by molar-refractivity contribution is 0.0798. The molecule has 23 heavy (non-hydrogen) atoms. The molecule has 3 nitrogen and oxygen atoms in total. The fraction of sp³-hybridized carbons (Fsp3) is 0.526. The van der Waals surface area contributed by atoms with Crippen LogP contribution in [0.2, 0.25) is 0 Å². The van der Waals surface area contributed by atoms with Crippen LogP contribution in [0.25, 0.3) is 0 Å². The number of anilines is 1. The Kier molecular flexibility index (Phi) is 4.12. The molecule has 3 aliphatic rings. The monoisotopic (exact) mass is 327 g/mol. The lowest BCUT2D eigenvalue weighted by Crippen LogP contribution is -2.59. The third-order valence-corrected chi connectivity index (χ3v) is 6.61. The molecule has 3 atom stereocenters. The van der Waals surface area contributed by atoms with E-state index in [4.69, 9.17) is 5.73 Å². The first-order valence-electron chi connectivity index (χ1n) is 8.76. The molecule has 1 aromatic heterocycles. The third-order valence-electron chi connectivity index (χ3n) is 6.01. The number of nitrogens with zero attached hydrogens (tertiary/aromatic N) is 1. The Bertz CT molecular complexity index is 650. The molecule has 0 radical (unpaired) electrons. The Morgan fingerprint density at radius 2 is 2.13 bits per heavy atom. The number of fused-ring (bicyclic) bond motifs is 1. The van der Waals surface area contributed by atoms with Gasteiger partial charge >= 0.3 is 0 Å². The molecule has 0 amide bonds. The van der Waals surface area contributed by atoms with E-state index in [1.807, 2.05) is 5.38 Å². The molecule has 2 fully saturated rings. The minimum atomic E-state index is 0.545. The second-order valence-corrected chi connectivity index (χ2v) is 7.98. The Balaban J connectivity index is 0.000000192. The average Bonchev–Trinajstić information content (AvgIpc) is 3.06. The maximum Gasteiger partial charge on any atom is 0.179 e. The van der Waals surface area contributed by atoms with E-state index in [-0.39, 0.29) is 0 Å². The Morgan fingerprint density at radius 3 is 2.91 bits per heavy atom. The van der Waals surface area contributed by atoms with Gasteiger partial charge in [0, 0.05) is 23.0 Å². The molecule has 0 spiro atoms. The molecule has 2 aliphatic carbocycles. The van der Waals surface area contributed by atoms with E-state index in [0.29, 0.717) is 10.5 Å². The highest BCUT2D eigenvalue weighted by atomic mass is 32.1. The van der Waals surface area contributed by atoms with E-state index < -0.39 is 0 Å². The van der Waals surface area contributed by atoms with Crippen molar-refractivity contribution in [2.24, 2.45) is 5.92 Å². The molecule has 2 heterocycles. The van der Waals surface area contributed by atoms with Crippen molar-refractivity contribution >= 4 is 16.5 Å². The predicted molar refractivity (Wildman–Crippen MR) is 96.7 cm³/mol. The van der Waals surface area contributed by atoms with E-state index >= 15 is 0 Å². The summed E-state index contributed by atoms with van der Waals surface area (Å²) >= 11 is 1.44. The van der Waals surface area contributed by atoms with Gasteiger partial charge in [-0.3, -0.25) is 0 Å². The summed E-state index contributed by atoms with van der Waals surface area (Å²) in [5, 5.41) is 6.26. The maximum absolute atomic E-state index is 5.19. The summed E-state index contributed by atoms with van der Waals surface area (Å²) in [6, 6.07) is 10.0. The van der Waals surface area contributed by atoms with Crippen LogP contribution in [0.3, 0.4) is 0 Å². The van der Waals surface area contributed by atoms with Crippen LogP contribution in [0.15, 0.2) is 35.8 Å². The number of nitrogens with one attached hydrogen (secondary N) is 1. The number of rotatable bonds is 0. The number of hydrogen-bond donors (Lipinski definition) is 2. The molecule has 4 heteroatoms. The van der Waals surface area contributed by atoms with Crippen molar-refractivity contribution in [3.63, 3.8) is 0 Å². The standard InChI is InChI=1S/C16H21N.C3H4N2S/c1-2-6-13-12(5-1)11-15-14-7-3-4-8-16(13,14)9-10-17-15;4-3-5-1-2-6-3/h1-2,5-6,14-15,17H,3-4,7-11H2;1-2H,(H2,4,5)/t14-,15+,16-;/m0./s1. The summed E-state index contributed by atoms with van der Waals surface area (Å²) in [5.74, 6) is 0.917. The number of nitrogens with two attached hydrogens (primary N) is 1. The number of benzene rings is 1. The minimum absolute atomic E-state index is 0.545. The van der Waals surface area contributed by atoms with Crippen molar-refractivity contribution < 1.29 is 0 Å². The van der Waals surface area contributed by atoms with Crippen LogP contribution in [-0.4, -0.2) is 17.6 Å². The van der Waals surface area contributed by atoms with Crippen LogP contribution in [0.1, 0.15) is 43.2 Å². The van der Waals surface area contributed by atoms with Crippen LogP contribution < -0.4 is 11.1 Å². The SMILES string of the molecule is Nc1nccs1.c1ccc2c(c1)C[C@H]1NCC[C@@]23CCCC[C@@H]13. The van der Waals surface area contributed by atoms with Gasteiger partial charge in [-0.1, -0.05) is 37.1 Å². The van der Waals surface area contributed by atoms with E-state index in [1.54, 1.807) is 17.3 Å². The molecule has 1 aliphatic heterocycles. The topological polar surface area (TPSA) is 50.9 Å². The van der Waals surface area contributed by atoms with Crippen molar-refractivity contribution in [2.75, 3.05) is 12.3 Å². The Morgan fingerprint density at radius 1 is 1.22 bits per heavy atom. The highest BCUT2D eigenvalue weighted by molar-refractivity contribution is 7.13. The lowest BCUT2D eigenvalue weighted by atomic mass is 9.53. The van der Waals surface area contributed by atoms with Crippen LogP contribution >= 0.6 is 11.3 Å². The summed E-state index contributed by atoms with van der Waals surface area (Å²) in [5.41, 5.74) is 9.07. The van der Waals surface area contributed by atoms with Gasteiger partial charge < -0.3 is 11.1 Å². The second-order valence-electron chi connectivity index (χ2n) is 7.05. The van der Waals surface area contributed by atoms with Crippen LogP contribution in [-0.2, 0) is 11.8 Å². The third kappa shape index (κ3) is 2.68. The average molecular weight is 327 g/mol. The summed E-state index contributed by atoms with van der Waals surface area (Å²) in [6.07, 6.45) is 10.1. The van der Waals surface area contributed by atoms with Gasteiger partial charge in [0.1, 0.15) is 0 Å². The summed E-state index contributed by atoms with van der Waals surface area (Å²) < 4.78 is 0. The minimum Gasteiger partial charge on any atom is -0.375 e. The molecule has 1 aromatic carbocycles. The van der Waals surface area contributed by atoms with Gasteiger partial charge in [0.15, 0.2) is 5.13 Å². The smallest absolute Gasteiger partial charge is 0.179 e. The number of piperidine rings is 1. The number of thiazole rings is 1. The molecule has 2 bridgehead atoms. The van der Waals surface area contributed by atoms with Gasteiger partial charge in [0.05, 0.1) is 0 Å². The molecular weight excluding hydrogens is 302 g/mol. The van der Waals surface area contributed by atoms with Crippen molar-refractivity contribution in [1.29, 1.82) is 0 Å². The second kappa shape index (κ2) is 6.25. The molecule has 1 saturated heterocycles. The van der Waals surface area contributed by atoms with Gasteiger partial charge in [0.2, 0.25) is 0 Å². The summed E-state index contributed by atoms with van der Waals surface area (Å²) in [7, 11) is 0. The fourth-order valence-corrected chi connectivity index (χ4v) is 5.51. The lowest BCUT2D eigenvalue weighted by Gasteiger charge is -2.56. The quantitative estimate of drug-likeness (QED) is 0.774. The van der Waals surface area contributed by atoms with Crippen molar-refractivity contribution in [1.82, 2.24) is 10.3 Å². The highest BCUT2D eigenvalue weighted by Crippen LogP contribution is 2.53. The van der Waals surface area contributed by atoms with Gasteiger partial charge in [-0.15, -0.1) is 11.3 Å². The molecule has 0 unspecified atom stereocenters. The molecule has 1 saturated carbocycles. The molecular formula is C19H25N3S. The first-order chi connectivity index (χ1) is 11.3. The Labute approximate surface area is 142 Å². The normalized spacial score (nSPS) is 31.3. The van der Waals surface area contributed by atoms with Crippen molar-refractivity contribution in [3.8, 4) is 0 Å². The van der Waals surface area contributed by atoms with Gasteiger partial charge in [-0.05, 0) is 49.3 Å². The van der Waals surface area contributed by atoms with Gasteiger partial charge in [0.25, 0.3) is 0 Å². The molecule has 122 valence electrons. The first-order valence-corrected chi connectivity index (χ1v) is 9.64.